The molecular formula is C28H35N5OS. The number of hydrogen-bond acceptors (Lipinski definition) is 4. The van der Waals surface area contributed by atoms with Crippen LogP contribution in [0.4, 0.5) is 5.69 Å². The number of nitrogens with one attached hydrogen (secondary N) is 1. The van der Waals surface area contributed by atoms with Crippen molar-refractivity contribution in [3.63, 3.8) is 0 Å². The Labute approximate surface area is 213 Å². The van der Waals surface area contributed by atoms with E-state index in [0.29, 0.717) is 0 Å². The third-order valence-corrected chi connectivity index (χ3v) is 7.58. The Hall–Kier alpha value is -2.90. The molecule has 2 fully saturated rings. The molecule has 2 aliphatic rings. The molecule has 6 nitrogen and oxygen atoms in total. The molecule has 3 aromatic rings. The topological polar surface area (TPSA) is 45.6 Å². The molecule has 1 aromatic carbocycles. The number of pyridine rings is 1. The molecule has 35 heavy (non-hydrogen) atoms. The molecule has 5 rings (SSSR count). The molecule has 184 valence electrons. The maximum Gasteiger partial charge on any atom is 0.170 e. The van der Waals surface area contributed by atoms with Gasteiger partial charge in [0.1, 0.15) is 0 Å². The first kappa shape index (κ1) is 23.8. The summed E-state index contributed by atoms with van der Waals surface area (Å²) in [6.45, 7) is 11.1. The number of unbranched alkanes of at least 4 members (excludes halogenated alkanes) is 1. The Balaban J connectivity index is 1.50. The van der Waals surface area contributed by atoms with Crippen LogP contribution in [0.15, 0.2) is 54.7 Å². The third-order valence-electron chi connectivity index (χ3n) is 7.22. The lowest BCUT2D eigenvalue weighted by Gasteiger charge is -2.29. The molecule has 0 unspecified atom stereocenters. The summed E-state index contributed by atoms with van der Waals surface area (Å²) in [4.78, 5) is 9.45. The van der Waals surface area contributed by atoms with E-state index in [9.17, 15) is 0 Å². The Morgan fingerprint density at radius 3 is 2.49 bits per heavy atom. The van der Waals surface area contributed by atoms with Crippen molar-refractivity contribution in [3.05, 3.63) is 77.4 Å². The Kier molecular flexibility index (Phi) is 7.07. The summed E-state index contributed by atoms with van der Waals surface area (Å²) < 4.78 is 7.88. The van der Waals surface area contributed by atoms with Crippen LogP contribution in [0.5, 0.6) is 0 Å². The predicted octanol–water partition coefficient (Wildman–Crippen LogP) is 5.10. The molecule has 2 atom stereocenters. The number of ether oxygens (including phenoxy) is 1. The molecule has 0 radical (unpaired) electrons. The molecule has 2 saturated heterocycles. The zero-order chi connectivity index (χ0) is 24.4. The van der Waals surface area contributed by atoms with Crippen LogP contribution in [0.3, 0.4) is 0 Å². The van der Waals surface area contributed by atoms with Gasteiger partial charge < -0.3 is 24.4 Å². The van der Waals surface area contributed by atoms with Crippen LogP contribution in [-0.4, -0.2) is 52.4 Å². The predicted molar refractivity (Wildman–Crippen MR) is 145 cm³/mol. The molecule has 0 spiro atoms. The summed E-state index contributed by atoms with van der Waals surface area (Å²) in [5.74, 6) is 0. The number of aromatic nitrogens is 2. The van der Waals surface area contributed by atoms with Crippen LogP contribution in [0.1, 0.15) is 54.5 Å². The number of rotatable bonds is 7. The lowest BCUT2D eigenvalue weighted by molar-refractivity contribution is 0.122. The maximum atomic E-state index is 5.83. The molecule has 2 aromatic heterocycles. The minimum Gasteiger partial charge on any atom is -0.378 e. The van der Waals surface area contributed by atoms with E-state index < -0.39 is 0 Å². The fourth-order valence-corrected chi connectivity index (χ4v) is 5.76. The van der Waals surface area contributed by atoms with E-state index in [1.807, 2.05) is 12.3 Å². The van der Waals surface area contributed by atoms with E-state index in [2.05, 4.69) is 87.9 Å². The van der Waals surface area contributed by atoms with Gasteiger partial charge in [-0.25, -0.2) is 0 Å². The molecular weight excluding hydrogens is 454 g/mol. The number of morpholine rings is 1. The highest BCUT2D eigenvalue weighted by Gasteiger charge is 2.41. The molecule has 0 bridgehead atoms. The zero-order valence-corrected chi connectivity index (χ0v) is 21.7. The molecule has 0 saturated carbocycles. The second-order valence-corrected chi connectivity index (χ2v) is 9.84. The summed E-state index contributed by atoms with van der Waals surface area (Å²) in [6.07, 6.45) is 4.11. The van der Waals surface area contributed by atoms with Gasteiger partial charge in [-0.1, -0.05) is 19.4 Å². The van der Waals surface area contributed by atoms with Gasteiger partial charge in [0.15, 0.2) is 5.11 Å². The van der Waals surface area contributed by atoms with Gasteiger partial charge in [-0.05, 0) is 80.5 Å². The molecule has 4 heterocycles. The second-order valence-electron chi connectivity index (χ2n) is 9.45. The van der Waals surface area contributed by atoms with Crippen LogP contribution in [-0.2, 0) is 4.74 Å². The quantitative estimate of drug-likeness (QED) is 0.466. The second kappa shape index (κ2) is 10.4. The van der Waals surface area contributed by atoms with Crippen LogP contribution < -0.4 is 10.2 Å². The van der Waals surface area contributed by atoms with Crippen molar-refractivity contribution in [2.45, 2.75) is 45.7 Å². The van der Waals surface area contributed by atoms with E-state index in [1.165, 1.54) is 28.3 Å². The van der Waals surface area contributed by atoms with Crippen molar-refractivity contribution < 1.29 is 4.74 Å². The largest absolute Gasteiger partial charge is 0.378 e. The van der Waals surface area contributed by atoms with Crippen LogP contribution >= 0.6 is 12.2 Å². The van der Waals surface area contributed by atoms with Crippen molar-refractivity contribution in [1.29, 1.82) is 0 Å². The van der Waals surface area contributed by atoms with Crippen LogP contribution in [0, 0.1) is 13.8 Å². The summed E-state index contributed by atoms with van der Waals surface area (Å²) in [5, 5.41) is 4.41. The normalized spacial score (nSPS) is 20.4. The monoisotopic (exact) mass is 489 g/mol. The van der Waals surface area contributed by atoms with E-state index in [4.69, 9.17) is 17.0 Å². The van der Waals surface area contributed by atoms with E-state index >= 15 is 0 Å². The zero-order valence-electron chi connectivity index (χ0n) is 20.9. The number of aryl methyl sites for hydroxylation is 1. The first-order chi connectivity index (χ1) is 17.1. The molecule has 0 aliphatic carbocycles. The van der Waals surface area contributed by atoms with Crippen molar-refractivity contribution >= 4 is 23.0 Å². The minimum absolute atomic E-state index is 0.0261. The first-order valence-electron chi connectivity index (χ1n) is 12.7. The van der Waals surface area contributed by atoms with Crippen molar-refractivity contribution in [2.24, 2.45) is 0 Å². The first-order valence-corrected chi connectivity index (χ1v) is 13.1. The minimum atomic E-state index is 0.0261. The van der Waals surface area contributed by atoms with Crippen molar-refractivity contribution in [2.75, 3.05) is 37.7 Å². The van der Waals surface area contributed by atoms with Gasteiger partial charge >= 0.3 is 0 Å². The Morgan fingerprint density at radius 2 is 1.80 bits per heavy atom. The number of anilines is 1. The lowest BCUT2D eigenvalue weighted by Crippen LogP contribution is -2.36. The Bertz CT molecular complexity index is 1150. The number of hydrogen-bond donors (Lipinski definition) is 1. The highest BCUT2D eigenvalue weighted by atomic mass is 32.1. The van der Waals surface area contributed by atoms with Crippen molar-refractivity contribution in [1.82, 2.24) is 19.8 Å². The smallest absolute Gasteiger partial charge is 0.170 e. The van der Waals surface area contributed by atoms with Crippen LogP contribution in [0.25, 0.3) is 5.69 Å². The average Bonchev–Trinajstić information content (AvgIpc) is 3.38. The molecule has 2 aliphatic heterocycles. The Morgan fingerprint density at radius 1 is 1.06 bits per heavy atom. The van der Waals surface area contributed by atoms with Gasteiger partial charge in [-0.2, -0.15) is 0 Å². The van der Waals surface area contributed by atoms with Crippen LogP contribution in [0.2, 0.25) is 0 Å². The van der Waals surface area contributed by atoms with Gasteiger partial charge in [-0.15, -0.1) is 0 Å². The van der Waals surface area contributed by atoms with Crippen molar-refractivity contribution in [3.8, 4) is 5.69 Å². The van der Waals surface area contributed by atoms with E-state index in [-0.39, 0.29) is 12.1 Å². The van der Waals surface area contributed by atoms with E-state index in [0.717, 1.165) is 56.5 Å². The standard InChI is InChI=1S/C28H35N5OS/c1-4-5-14-32-27(26(30-28(32)35)25-8-6-7-13-29-25)24-19-20(2)33(21(24)3)23-11-9-22(10-12-23)31-15-17-34-18-16-31/h6-13,19,26-27H,4-5,14-18H2,1-3H3,(H,30,35)/t26-,27+/m0/s1. The fraction of sp³-hybridized carbons (Fsp3) is 0.429. The SMILES string of the molecule is CCCCN1C(=S)N[C@@H](c2ccccn2)[C@H]1c1cc(C)n(-c2ccc(N3CCOCC3)cc2)c1C. The third kappa shape index (κ3) is 4.67. The lowest BCUT2D eigenvalue weighted by atomic mass is 9.96. The highest BCUT2D eigenvalue weighted by molar-refractivity contribution is 7.80. The van der Waals surface area contributed by atoms with Gasteiger partial charge in [0.2, 0.25) is 0 Å². The maximum absolute atomic E-state index is 5.83. The molecule has 1 N–H and O–H groups in total. The fourth-order valence-electron chi connectivity index (χ4n) is 5.43. The van der Waals surface area contributed by atoms with E-state index in [1.54, 1.807) is 0 Å². The number of benzene rings is 1. The number of thiocarbonyl (C=S) groups is 1. The van der Waals surface area contributed by atoms with Gasteiger partial charge in [0.05, 0.1) is 31.0 Å². The molecule has 0 amide bonds. The summed E-state index contributed by atoms with van der Waals surface area (Å²) >= 11 is 5.83. The summed E-state index contributed by atoms with van der Waals surface area (Å²) in [5.41, 5.74) is 7.25. The van der Waals surface area contributed by atoms with Gasteiger partial charge in [0, 0.05) is 48.6 Å². The van der Waals surface area contributed by atoms with Gasteiger partial charge in [0.25, 0.3) is 0 Å². The average molecular weight is 490 g/mol. The van der Waals surface area contributed by atoms with Gasteiger partial charge in [-0.3, -0.25) is 4.98 Å². The summed E-state index contributed by atoms with van der Waals surface area (Å²) in [6, 6.07) is 17.5. The summed E-state index contributed by atoms with van der Waals surface area (Å²) in [7, 11) is 0. The number of nitrogens with zero attached hydrogens (tertiary/aromatic N) is 4. The molecule has 7 heteroatoms. The highest BCUT2D eigenvalue weighted by Crippen LogP contribution is 2.41.